The normalized spacial score (nSPS) is 24.0. The SMILES string of the molecule is CC(C)(C)[Si](C)(C)OC[C@@H]1CCC[C@H](COCC(=O)O)C1. The van der Waals surface area contributed by atoms with Crippen molar-refractivity contribution in [1.29, 1.82) is 0 Å². The molecule has 0 aromatic carbocycles. The molecule has 0 radical (unpaired) electrons. The fourth-order valence-corrected chi connectivity index (χ4v) is 3.65. The molecule has 2 atom stereocenters. The Morgan fingerprint density at radius 3 is 2.29 bits per heavy atom. The van der Waals surface area contributed by atoms with Gasteiger partial charge in [0.25, 0.3) is 0 Å². The van der Waals surface area contributed by atoms with Crippen LogP contribution >= 0.6 is 0 Å². The lowest BCUT2D eigenvalue weighted by molar-refractivity contribution is -0.142. The van der Waals surface area contributed by atoms with Gasteiger partial charge in [0.15, 0.2) is 8.32 Å². The van der Waals surface area contributed by atoms with E-state index in [0.29, 0.717) is 18.4 Å². The molecule has 1 rings (SSSR count). The zero-order valence-electron chi connectivity index (χ0n) is 14.3. The number of rotatable bonds is 7. The Bertz CT molecular complexity index is 336. The van der Waals surface area contributed by atoms with Gasteiger partial charge in [-0.15, -0.1) is 0 Å². The second-order valence-corrected chi connectivity index (χ2v) is 12.7. The lowest BCUT2D eigenvalue weighted by Crippen LogP contribution is -2.42. The van der Waals surface area contributed by atoms with E-state index in [9.17, 15) is 4.79 Å². The first kappa shape index (κ1) is 18.7. The van der Waals surface area contributed by atoms with E-state index < -0.39 is 14.3 Å². The monoisotopic (exact) mass is 316 g/mol. The molecule has 1 N–H and O–H groups in total. The van der Waals surface area contributed by atoms with Crippen molar-refractivity contribution in [3.8, 4) is 0 Å². The van der Waals surface area contributed by atoms with Crippen LogP contribution in [0.15, 0.2) is 0 Å². The Balaban J connectivity index is 2.34. The number of carboxylic acids is 1. The van der Waals surface area contributed by atoms with Crippen LogP contribution < -0.4 is 0 Å². The third-order valence-electron chi connectivity index (χ3n) is 4.96. The molecule has 0 aromatic heterocycles. The van der Waals surface area contributed by atoms with Crippen molar-refractivity contribution in [3.05, 3.63) is 0 Å². The Kier molecular flexibility index (Phi) is 6.88. The van der Waals surface area contributed by atoms with Crippen molar-refractivity contribution in [2.45, 2.75) is 64.6 Å². The molecule has 4 nitrogen and oxygen atoms in total. The fraction of sp³-hybridized carbons (Fsp3) is 0.938. The van der Waals surface area contributed by atoms with E-state index in [4.69, 9.17) is 14.3 Å². The van der Waals surface area contributed by atoms with Crippen molar-refractivity contribution in [3.63, 3.8) is 0 Å². The quantitative estimate of drug-likeness (QED) is 0.723. The summed E-state index contributed by atoms with van der Waals surface area (Å²) in [7, 11) is -1.66. The molecule has 124 valence electrons. The highest BCUT2D eigenvalue weighted by atomic mass is 28.4. The van der Waals surface area contributed by atoms with Crippen molar-refractivity contribution in [2.75, 3.05) is 19.8 Å². The second-order valence-electron chi connectivity index (χ2n) is 7.88. The van der Waals surface area contributed by atoms with E-state index in [1.54, 1.807) is 0 Å². The molecule has 0 spiro atoms. The maximum atomic E-state index is 10.5. The molecule has 1 saturated carbocycles. The average molecular weight is 317 g/mol. The Morgan fingerprint density at radius 2 is 1.76 bits per heavy atom. The van der Waals surface area contributed by atoms with Gasteiger partial charge in [0.05, 0.1) is 6.61 Å². The summed E-state index contributed by atoms with van der Waals surface area (Å²) in [5.41, 5.74) is 0. The molecule has 0 amide bonds. The number of hydrogen-bond acceptors (Lipinski definition) is 3. The largest absolute Gasteiger partial charge is 0.480 e. The molecule has 1 aliphatic carbocycles. The van der Waals surface area contributed by atoms with Gasteiger partial charge in [-0.3, -0.25) is 0 Å². The molecule has 0 heterocycles. The second kappa shape index (κ2) is 7.74. The molecule has 5 heteroatoms. The van der Waals surface area contributed by atoms with Crippen LogP contribution in [0.4, 0.5) is 0 Å². The molecule has 1 fully saturated rings. The first-order valence-corrected chi connectivity index (χ1v) is 11.0. The van der Waals surface area contributed by atoms with Gasteiger partial charge in [0.1, 0.15) is 6.61 Å². The number of ether oxygens (including phenoxy) is 1. The first-order chi connectivity index (χ1) is 9.62. The van der Waals surface area contributed by atoms with E-state index in [2.05, 4.69) is 33.9 Å². The third-order valence-corrected chi connectivity index (χ3v) is 9.46. The highest BCUT2D eigenvalue weighted by Crippen LogP contribution is 2.38. The highest BCUT2D eigenvalue weighted by Gasteiger charge is 2.37. The summed E-state index contributed by atoms with van der Waals surface area (Å²) >= 11 is 0. The van der Waals surface area contributed by atoms with Crippen molar-refractivity contribution in [2.24, 2.45) is 11.8 Å². The van der Waals surface area contributed by atoms with E-state index in [1.807, 2.05) is 0 Å². The molecule has 0 aromatic rings. The summed E-state index contributed by atoms with van der Waals surface area (Å²) in [5, 5.41) is 8.86. The van der Waals surface area contributed by atoms with Gasteiger partial charge in [-0.25, -0.2) is 4.79 Å². The summed E-state index contributed by atoms with van der Waals surface area (Å²) in [6.45, 7) is 12.6. The molecule has 1 aliphatic rings. The molecule has 0 bridgehead atoms. The third kappa shape index (κ3) is 6.49. The zero-order chi connectivity index (χ0) is 16.1. The van der Waals surface area contributed by atoms with Gasteiger partial charge in [0.2, 0.25) is 0 Å². The summed E-state index contributed by atoms with van der Waals surface area (Å²) in [5.74, 6) is 0.209. The van der Waals surface area contributed by atoms with Crippen molar-refractivity contribution >= 4 is 14.3 Å². The van der Waals surface area contributed by atoms with Crippen LogP contribution in [0.25, 0.3) is 0 Å². The van der Waals surface area contributed by atoms with Gasteiger partial charge in [-0.1, -0.05) is 27.2 Å². The van der Waals surface area contributed by atoms with Crippen LogP contribution in [0.5, 0.6) is 0 Å². The van der Waals surface area contributed by atoms with Crippen LogP contribution in [0.3, 0.4) is 0 Å². The smallest absolute Gasteiger partial charge is 0.329 e. The topological polar surface area (TPSA) is 55.8 Å². The van der Waals surface area contributed by atoms with Crippen LogP contribution in [-0.2, 0) is 14.0 Å². The maximum Gasteiger partial charge on any atom is 0.329 e. The summed E-state index contributed by atoms with van der Waals surface area (Å²) < 4.78 is 11.6. The van der Waals surface area contributed by atoms with Crippen molar-refractivity contribution in [1.82, 2.24) is 0 Å². The molecular weight excluding hydrogens is 284 g/mol. The minimum Gasteiger partial charge on any atom is -0.480 e. The average Bonchev–Trinajstić information content (AvgIpc) is 2.35. The van der Waals surface area contributed by atoms with Crippen LogP contribution in [0, 0.1) is 11.8 Å². The van der Waals surface area contributed by atoms with Crippen LogP contribution in [-0.4, -0.2) is 39.2 Å². The maximum absolute atomic E-state index is 10.5. The predicted octanol–water partition coefficient (Wildman–Crippen LogP) is 3.92. The van der Waals surface area contributed by atoms with Gasteiger partial charge in [0, 0.05) is 6.61 Å². The summed E-state index contributed by atoms with van der Waals surface area (Å²) in [4.78, 5) is 10.5. The number of carboxylic acid groups (broad SMARTS) is 1. The molecule has 21 heavy (non-hydrogen) atoms. The van der Waals surface area contributed by atoms with Crippen LogP contribution in [0.2, 0.25) is 18.1 Å². The minimum absolute atomic E-state index is 0.179. The molecule has 0 unspecified atom stereocenters. The number of carbonyl (C=O) groups is 1. The lowest BCUT2D eigenvalue weighted by atomic mass is 9.82. The lowest BCUT2D eigenvalue weighted by Gasteiger charge is -2.38. The minimum atomic E-state index is -1.66. The number of aliphatic carboxylic acids is 1. The Labute approximate surface area is 130 Å². The van der Waals surface area contributed by atoms with Gasteiger partial charge >= 0.3 is 5.97 Å². The molecule has 0 aliphatic heterocycles. The van der Waals surface area contributed by atoms with E-state index in [1.165, 1.54) is 12.8 Å². The summed E-state index contributed by atoms with van der Waals surface area (Å²) in [6, 6.07) is 0. The standard InChI is InChI=1S/C16H32O4Si/c1-16(2,3)21(4,5)20-11-14-8-6-7-13(9-14)10-19-12-15(17)18/h13-14H,6-12H2,1-5H3,(H,17,18)/t13-,14+/m0/s1. The molecule has 0 saturated heterocycles. The predicted molar refractivity (Wildman–Crippen MR) is 87.1 cm³/mol. The van der Waals surface area contributed by atoms with Crippen LogP contribution in [0.1, 0.15) is 46.5 Å². The Hall–Kier alpha value is -0.393. The van der Waals surface area contributed by atoms with Gasteiger partial charge in [-0.05, 0) is 49.2 Å². The highest BCUT2D eigenvalue weighted by molar-refractivity contribution is 6.74. The van der Waals surface area contributed by atoms with E-state index in [0.717, 1.165) is 19.4 Å². The zero-order valence-corrected chi connectivity index (χ0v) is 15.3. The molecular formula is C16H32O4Si. The van der Waals surface area contributed by atoms with Crippen molar-refractivity contribution < 1.29 is 19.1 Å². The first-order valence-electron chi connectivity index (χ1n) is 8.05. The van der Waals surface area contributed by atoms with E-state index in [-0.39, 0.29) is 11.6 Å². The summed E-state index contributed by atoms with van der Waals surface area (Å²) in [6.07, 6.45) is 4.68. The fourth-order valence-electron chi connectivity index (χ4n) is 2.56. The Morgan fingerprint density at radius 1 is 1.19 bits per heavy atom. The van der Waals surface area contributed by atoms with E-state index >= 15 is 0 Å². The van der Waals surface area contributed by atoms with Gasteiger partial charge < -0.3 is 14.3 Å². The number of hydrogen-bond donors (Lipinski definition) is 1. The van der Waals surface area contributed by atoms with Gasteiger partial charge in [-0.2, -0.15) is 0 Å².